The predicted octanol–water partition coefficient (Wildman–Crippen LogP) is 2.35. The van der Waals surface area contributed by atoms with Gasteiger partial charge in [0, 0.05) is 24.2 Å². The molecule has 0 aromatic carbocycles. The molecule has 0 radical (unpaired) electrons. The number of aromatic nitrogens is 2. The molecule has 0 amide bonds. The van der Waals surface area contributed by atoms with E-state index in [2.05, 4.69) is 4.98 Å². The van der Waals surface area contributed by atoms with Gasteiger partial charge in [0.2, 0.25) is 0 Å². The van der Waals surface area contributed by atoms with E-state index in [-0.39, 0.29) is 5.56 Å². The highest BCUT2D eigenvalue weighted by Gasteiger charge is 1.96. The first-order valence-corrected chi connectivity index (χ1v) is 5.86. The fourth-order valence-electron chi connectivity index (χ4n) is 1.41. The third kappa shape index (κ3) is 4.47. The Bertz CT molecular complexity index is 349. The Balaban J connectivity index is 2.34. The average Bonchev–Trinajstić information content (AvgIpc) is 2.20. The third-order valence-electron chi connectivity index (χ3n) is 2.30. The summed E-state index contributed by atoms with van der Waals surface area (Å²) in [5, 5.41) is 0. The van der Waals surface area contributed by atoms with Crippen molar-refractivity contribution < 1.29 is 0 Å². The summed E-state index contributed by atoms with van der Waals surface area (Å²) in [4.78, 5) is 15.6. The van der Waals surface area contributed by atoms with E-state index in [1.54, 1.807) is 17.0 Å². The maximum atomic E-state index is 11.5. The van der Waals surface area contributed by atoms with Crippen molar-refractivity contribution in [2.45, 2.75) is 39.2 Å². The van der Waals surface area contributed by atoms with E-state index in [9.17, 15) is 4.79 Å². The molecule has 1 aromatic heterocycles. The zero-order valence-corrected chi connectivity index (χ0v) is 9.83. The van der Waals surface area contributed by atoms with Crippen LogP contribution in [-0.2, 0) is 6.54 Å². The van der Waals surface area contributed by atoms with Gasteiger partial charge >= 0.3 is 0 Å². The highest BCUT2D eigenvalue weighted by Crippen LogP contribution is 2.02. The van der Waals surface area contributed by atoms with Crippen molar-refractivity contribution in [3.8, 4) is 0 Å². The number of hydrogen-bond donors (Lipinski definition) is 0. The first-order chi connectivity index (χ1) is 7.24. The number of rotatable bonds is 6. The predicted molar refractivity (Wildman–Crippen MR) is 62.4 cm³/mol. The minimum atomic E-state index is 0.0415. The van der Waals surface area contributed by atoms with Crippen LogP contribution in [0.2, 0.25) is 0 Å². The van der Waals surface area contributed by atoms with Crippen molar-refractivity contribution in [1.82, 2.24) is 9.55 Å². The summed E-state index contributed by atoms with van der Waals surface area (Å²) < 4.78 is 1.66. The van der Waals surface area contributed by atoms with Gasteiger partial charge in [-0.25, -0.2) is 4.98 Å². The Hall–Kier alpha value is -0.830. The first-order valence-electron chi connectivity index (χ1n) is 5.33. The Morgan fingerprint density at radius 2 is 2.07 bits per heavy atom. The lowest BCUT2D eigenvalue weighted by Crippen LogP contribution is -2.19. The molecular formula is C11H17ClN2O. The molecule has 0 aliphatic rings. The molecule has 0 bridgehead atoms. The van der Waals surface area contributed by atoms with Gasteiger partial charge in [-0.15, -0.1) is 11.6 Å². The van der Waals surface area contributed by atoms with E-state index < -0.39 is 0 Å². The largest absolute Gasteiger partial charge is 0.299 e. The minimum Gasteiger partial charge on any atom is -0.299 e. The summed E-state index contributed by atoms with van der Waals surface area (Å²) in [6, 6.07) is 1.57. The lowest BCUT2D eigenvalue weighted by molar-refractivity contribution is 0.563. The summed E-state index contributed by atoms with van der Waals surface area (Å²) in [6.45, 7) is 2.58. The molecule has 0 N–H and O–H groups in total. The Labute approximate surface area is 95.1 Å². The van der Waals surface area contributed by atoms with Crippen molar-refractivity contribution >= 4 is 11.6 Å². The van der Waals surface area contributed by atoms with Crippen molar-refractivity contribution in [1.29, 1.82) is 0 Å². The fraction of sp³-hybridized carbons (Fsp3) is 0.636. The van der Waals surface area contributed by atoms with Crippen LogP contribution in [0.25, 0.3) is 0 Å². The van der Waals surface area contributed by atoms with Gasteiger partial charge in [0.1, 0.15) is 0 Å². The van der Waals surface area contributed by atoms with Gasteiger partial charge in [-0.05, 0) is 19.8 Å². The van der Waals surface area contributed by atoms with Crippen LogP contribution < -0.4 is 5.56 Å². The average molecular weight is 229 g/mol. The molecule has 0 aliphatic heterocycles. The SMILES string of the molecule is Cc1cc(=O)n(CCCCCCCl)cn1. The first kappa shape index (κ1) is 12.2. The molecule has 1 rings (SSSR count). The number of aryl methyl sites for hydroxylation is 2. The Kier molecular flexibility index (Phi) is 5.40. The van der Waals surface area contributed by atoms with Crippen LogP contribution in [-0.4, -0.2) is 15.4 Å². The van der Waals surface area contributed by atoms with E-state index in [4.69, 9.17) is 11.6 Å². The highest BCUT2D eigenvalue weighted by molar-refractivity contribution is 6.17. The number of hydrogen-bond acceptors (Lipinski definition) is 2. The standard InChI is InChI=1S/C11H17ClN2O/c1-10-8-11(15)14(9-13-10)7-5-3-2-4-6-12/h8-9H,2-7H2,1H3. The van der Waals surface area contributed by atoms with E-state index >= 15 is 0 Å². The Morgan fingerprint density at radius 1 is 1.33 bits per heavy atom. The van der Waals surface area contributed by atoms with Crippen LogP contribution in [0.15, 0.2) is 17.2 Å². The van der Waals surface area contributed by atoms with Crippen LogP contribution in [0.5, 0.6) is 0 Å². The topological polar surface area (TPSA) is 34.9 Å². The quantitative estimate of drug-likeness (QED) is 0.554. The van der Waals surface area contributed by atoms with Crippen molar-refractivity contribution in [3.63, 3.8) is 0 Å². The number of nitrogens with zero attached hydrogens (tertiary/aromatic N) is 2. The summed E-state index contributed by atoms with van der Waals surface area (Å²) in [6.07, 6.45) is 5.95. The molecule has 0 atom stereocenters. The second-order valence-corrected chi connectivity index (χ2v) is 4.04. The molecule has 84 valence electrons. The maximum absolute atomic E-state index is 11.5. The monoisotopic (exact) mass is 228 g/mol. The molecule has 0 saturated heterocycles. The molecular weight excluding hydrogens is 212 g/mol. The lowest BCUT2D eigenvalue weighted by atomic mass is 10.2. The molecule has 4 heteroatoms. The molecule has 1 aromatic rings. The van der Waals surface area contributed by atoms with E-state index in [0.717, 1.165) is 43.8 Å². The Morgan fingerprint density at radius 3 is 2.73 bits per heavy atom. The van der Waals surface area contributed by atoms with Gasteiger partial charge in [-0.1, -0.05) is 12.8 Å². The van der Waals surface area contributed by atoms with Gasteiger partial charge in [-0.3, -0.25) is 9.36 Å². The molecule has 0 unspecified atom stereocenters. The third-order valence-corrected chi connectivity index (χ3v) is 2.57. The number of alkyl halides is 1. The van der Waals surface area contributed by atoms with Crippen LogP contribution in [0.3, 0.4) is 0 Å². The van der Waals surface area contributed by atoms with Gasteiger partial charge in [0.25, 0.3) is 5.56 Å². The number of unbranched alkanes of at least 4 members (excludes halogenated alkanes) is 3. The van der Waals surface area contributed by atoms with Gasteiger partial charge in [0.15, 0.2) is 0 Å². The van der Waals surface area contributed by atoms with Crippen molar-refractivity contribution in [2.75, 3.05) is 5.88 Å². The van der Waals surface area contributed by atoms with Gasteiger partial charge < -0.3 is 0 Å². The van der Waals surface area contributed by atoms with Gasteiger partial charge in [-0.2, -0.15) is 0 Å². The fourth-order valence-corrected chi connectivity index (χ4v) is 1.60. The maximum Gasteiger partial charge on any atom is 0.253 e. The summed E-state index contributed by atoms with van der Waals surface area (Å²) >= 11 is 5.57. The van der Waals surface area contributed by atoms with Crippen LogP contribution >= 0.6 is 11.6 Å². The van der Waals surface area contributed by atoms with Crippen LogP contribution in [0.1, 0.15) is 31.4 Å². The smallest absolute Gasteiger partial charge is 0.253 e. The van der Waals surface area contributed by atoms with Crippen molar-refractivity contribution in [3.05, 3.63) is 28.4 Å². The van der Waals surface area contributed by atoms with E-state index in [0.29, 0.717) is 0 Å². The number of halogens is 1. The molecule has 0 aliphatic carbocycles. The van der Waals surface area contributed by atoms with Gasteiger partial charge in [0.05, 0.1) is 6.33 Å². The molecule has 0 fully saturated rings. The van der Waals surface area contributed by atoms with E-state index in [1.807, 2.05) is 6.92 Å². The zero-order chi connectivity index (χ0) is 11.1. The summed E-state index contributed by atoms with van der Waals surface area (Å²) in [5.74, 6) is 0.728. The van der Waals surface area contributed by atoms with Crippen LogP contribution in [0.4, 0.5) is 0 Å². The lowest BCUT2D eigenvalue weighted by Gasteiger charge is -2.04. The second kappa shape index (κ2) is 6.62. The summed E-state index contributed by atoms with van der Waals surface area (Å²) in [7, 11) is 0. The van der Waals surface area contributed by atoms with E-state index in [1.165, 1.54) is 0 Å². The van der Waals surface area contributed by atoms with Crippen molar-refractivity contribution in [2.24, 2.45) is 0 Å². The van der Waals surface area contributed by atoms with Crippen LogP contribution in [0, 0.1) is 6.92 Å². The summed E-state index contributed by atoms with van der Waals surface area (Å²) in [5.41, 5.74) is 0.818. The molecule has 15 heavy (non-hydrogen) atoms. The minimum absolute atomic E-state index is 0.0415. The molecule has 0 saturated carbocycles. The molecule has 3 nitrogen and oxygen atoms in total. The zero-order valence-electron chi connectivity index (χ0n) is 9.08. The molecule has 0 spiro atoms. The second-order valence-electron chi connectivity index (χ2n) is 3.67. The highest BCUT2D eigenvalue weighted by atomic mass is 35.5. The molecule has 1 heterocycles. The normalized spacial score (nSPS) is 10.5.